The number of aryl methyl sites for hydroxylation is 1. The quantitative estimate of drug-likeness (QED) is 0.683. The number of nitrogens with two attached hydrogens (primary N) is 1. The second-order valence-corrected chi connectivity index (χ2v) is 9.40. The van der Waals surface area contributed by atoms with Crippen LogP contribution in [0.4, 0.5) is 0 Å². The van der Waals surface area contributed by atoms with Crippen LogP contribution in [0.25, 0.3) is 0 Å². The summed E-state index contributed by atoms with van der Waals surface area (Å²) in [6.45, 7) is 4.64. The highest BCUT2D eigenvalue weighted by Crippen LogP contribution is 2.64. The Morgan fingerprint density at radius 2 is 1.74 bits per heavy atom. The van der Waals surface area contributed by atoms with E-state index in [-0.39, 0.29) is 17.5 Å². The average Bonchev–Trinajstić information content (AvgIpc) is 3.38. The topological polar surface area (TPSA) is 69.4 Å². The molecule has 6 heteroatoms. The molecule has 1 fully saturated rings. The summed E-state index contributed by atoms with van der Waals surface area (Å²) in [5.41, 5.74) is 7.36. The third kappa shape index (κ3) is 3.42. The summed E-state index contributed by atoms with van der Waals surface area (Å²) >= 11 is 5.36. The van der Waals surface area contributed by atoms with Gasteiger partial charge >= 0.3 is 0 Å². The van der Waals surface area contributed by atoms with Gasteiger partial charge in [-0.05, 0) is 36.6 Å². The van der Waals surface area contributed by atoms with Crippen LogP contribution < -0.4 is 5.73 Å². The summed E-state index contributed by atoms with van der Waals surface area (Å²) in [4.78, 5) is 0.491. The first kappa shape index (κ1) is 20.0. The van der Waals surface area contributed by atoms with E-state index in [2.05, 4.69) is 6.92 Å². The Morgan fingerprint density at radius 3 is 2.26 bits per heavy atom. The largest absolute Gasteiger partial charge is 0.393 e. The first-order valence-corrected chi connectivity index (χ1v) is 11.1. The Hall–Kier alpha value is -1.76. The van der Waals surface area contributed by atoms with Crippen molar-refractivity contribution in [2.24, 2.45) is 11.1 Å². The maximum Gasteiger partial charge on any atom is 0.182 e. The summed E-state index contributed by atoms with van der Waals surface area (Å²) < 4.78 is 32.5. The average molecular weight is 404 g/mol. The van der Waals surface area contributed by atoms with Gasteiger partial charge in [0.05, 0.1) is 27.2 Å². The number of hydrogen-bond donors (Lipinski definition) is 1. The maximum absolute atomic E-state index is 13.4. The Balaban J connectivity index is 2.08. The Morgan fingerprint density at radius 1 is 1.11 bits per heavy atom. The van der Waals surface area contributed by atoms with Crippen LogP contribution in [0.15, 0.2) is 59.5 Å². The Kier molecular flexibility index (Phi) is 5.70. The molecule has 3 rings (SSSR count). The van der Waals surface area contributed by atoms with Crippen LogP contribution in [0.3, 0.4) is 0 Å². The third-order valence-electron chi connectivity index (χ3n) is 5.41. The van der Waals surface area contributed by atoms with Gasteiger partial charge in [0.25, 0.3) is 0 Å². The molecular weight excluding hydrogens is 378 g/mol. The van der Waals surface area contributed by atoms with Gasteiger partial charge in [0.15, 0.2) is 9.84 Å². The van der Waals surface area contributed by atoms with Gasteiger partial charge in [-0.3, -0.25) is 0 Å². The summed E-state index contributed by atoms with van der Waals surface area (Å²) in [5, 5.41) is -0.719. The lowest BCUT2D eigenvalue weighted by Crippen LogP contribution is -2.33. The van der Waals surface area contributed by atoms with Crippen molar-refractivity contribution >= 4 is 27.0 Å². The van der Waals surface area contributed by atoms with E-state index in [1.54, 1.807) is 30.3 Å². The van der Waals surface area contributed by atoms with Gasteiger partial charge in [0.1, 0.15) is 0 Å². The van der Waals surface area contributed by atoms with Gasteiger partial charge < -0.3 is 10.5 Å². The van der Waals surface area contributed by atoms with Crippen molar-refractivity contribution in [2.75, 3.05) is 13.2 Å². The van der Waals surface area contributed by atoms with Crippen LogP contribution in [0.2, 0.25) is 0 Å². The van der Waals surface area contributed by atoms with E-state index in [1.165, 1.54) is 5.56 Å². The van der Waals surface area contributed by atoms with Gasteiger partial charge in [-0.1, -0.05) is 61.6 Å². The van der Waals surface area contributed by atoms with E-state index < -0.39 is 20.5 Å². The summed E-state index contributed by atoms with van der Waals surface area (Å²) in [5.74, 6) is -0.308. The molecule has 1 aliphatic carbocycles. The molecule has 0 bridgehead atoms. The molecule has 1 saturated carbocycles. The molecule has 0 amide bonds. The Labute approximate surface area is 166 Å². The van der Waals surface area contributed by atoms with Crippen LogP contribution >= 0.6 is 12.2 Å². The van der Waals surface area contributed by atoms with Crippen LogP contribution in [0.1, 0.15) is 30.9 Å². The van der Waals surface area contributed by atoms with Gasteiger partial charge in [-0.2, -0.15) is 0 Å². The van der Waals surface area contributed by atoms with Crippen molar-refractivity contribution in [3.8, 4) is 0 Å². The number of thiocarbonyl (C=S) groups is 1. The molecule has 2 aromatic rings. The molecule has 0 radical (unpaired) electrons. The van der Waals surface area contributed by atoms with Crippen LogP contribution in [-0.2, 0) is 21.0 Å². The minimum Gasteiger partial charge on any atom is -0.393 e. The van der Waals surface area contributed by atoms with Crippen molar-refractivity contribution in [3.63, 3.8) is 0 Å². The van der Waals surface area contributed by atoms with E-state index in [0.29, 0.717) is 11.5 Å². The van der Waals surface area contributed by atoms with Crippen molar-refractivity contribution < 1.29 is 13.2 Å². The summed E-state index contributed by atoms with van der Waals surface area (Å²) in [7, 11) is -3.61. The molecule has 0 spiro atoms. The molecule has 2 N–H and O–H groups in total. The molecular formula is C21H25NO3S2. The zero-order valence-corrected chi connectivity index (χ0v) is 17.2. The van der Waals surface area contributed by atoms with Crippen molar-refractivity contribution in [1.82, 2.24) is 0 Å². The van der Waals surface area contributed by atoms with E-state index in [4.69, 9.17) is 22.7 Å². The first-order chi connectivity index (χ1) is 12.9. The molecule has 1 aliphatic rings. The van der Waals surface area contributed by atoms with Crippen LogP contribution in [0.5, 0.6) is 0 Å². The van der Waals surface area contributed by atoms with E-state index in [1.807, 2.05) is 31.2 Å². The van der Waals surface area contributed by atoms with Crippen molar-refractivity contribution in [1.29, 1.82) is 0 Å². The first-order valence-electron chi connectivity index (χ1n) is 9.15. The molecule has 0 aliphatic heterocycles. The molecule has 144 valence electrons. The van der Waals surface area contributed by atoms with Crippen LogP contribution in [-0.4, -0.2) is 31.9 Å². The molecule has 4 nitrogen and oxygen atoms in total. The molecule has 0 aromatic heterocycles. The number of sulfone groups is 1. The summed E-state index contributed by atoms with van der Waals surface area (Å²) in [6.07, 6.45) is 0.927. The predicted octanol–water partition coefficient (Wildman–Crippen LogP) is 3.50. The molecule has 27 heavy (non-hydrogen) atoms. The van der Waals surface area contributed by atoms with Gasteiger partial charge in [0, 0.05) is 12.5 Å². The van der Waals surface area contributed by atoms with Gasteiger partial charge in [0.2, 0.25) is 0 Å². The zero-order chi connectivity index (χ0) is 19.7. The lowest BCUT2D eigenvalue weighted by molar-refractivity contribution is 0.121. The Bertz CT molecular complexity index is 910. The number of rotatable bonds is 8. The minimum absolute atomic E-state index is 0.199. The zero-order valence-electron chi connectivity index (χ0n) is 15.6. The SMILES string of the molecule is CCOC[C@]1(C(N)=S)[C@H](c2ccc(CC)cc2)[C@@H]1S(=O)(=O)c1ccccc1. The smallest absolute Gasteiger partial charge is 0.182 e. The normalized spacial score (nSPS) is 24.5. The van der Waals surface area contributed by atoms with E-state index in [0.717, 1.165) is 12.0 Å². The molecule has 0 saturated heterocycles. The second-order valence-electron chi connectivity index (χ2n) is 6.89. The fourth-order valence-corrected chi connectivity index (χ4v) is 6.65. The van der Waals surface area contributed by atoms with Crippen LogP contribution in [0, 0.1) is 5.41 Å². The standard InChI is InChI=1S/C21H25NO3S2/c1-3-15-10-12-16(13-11-15)18-19(21(18,20(22)26)14-25-4-2)27(23,24)17-8-6-5-7-9-17/h5-13,18-19H,3-4,14H2,1-2H3,(H2,22,26)/t18-,19+,21+/m1/s1. The number of hydrogen-bond acceptors (Lipinski definition) is 4. The lowest BCUT2D eigenvalue weighted by atomic mass is 9.98. The highest BCUT2D eigenvalue weighted by atomic mass is 32.2. The van der Waals surface area contributed by atoms with Crippen molar-refractivity contribution in [3.05, 3.63) is 65.7 Å². The highest BCUT2D eigenvalue weighted by Gasteiger charge is 2.73. The fraction of sp³-hybridized carbons (Fsp3) is 0.381. The molecule has 2 aromatic carbocycles. The molecule has 3 atom stereocenters. The van der Waals surface area contributed by atoms with Gasteiger partial charge in [-0.15, -0.1) is 0 Å². The molecule has 0 unspecified atom stereocenters. The summed E-state index contributed by atoms with van der Waals surface area (Å²) in [6, 6.07) is 16.5. The molecule has 0 heterocycles. The predicted molar refractivity (Wildman–Crippen MR) is 112 cm³/mol. The third-order valence-corrected chi connectivity index (χ3v) is 8.08. The minimum atomic E-state index is -3.61. The monoisotopic (exact) mass is 403 g/mol. The second kappa shape index (κ2) is 7.70. The fourth-order valence-electron chi connectivity index (χ4n) is 3.86. The maximum atomic E-state index is 13.4. The lowest BCUT2D eigenvalue weighted by Gasteiger charge is -2.17. The van der Waals surface area contributed by atoms with Gasteiger partial charge in [-0.25, -0.2) is 8.42 Å². The van der Waals surface area contributed by atoms with Crippen molar-refractivity contribution in [2.45, 2.75) is 36.3 Å². The van der Waals surface area contributed by atoms with E-state index >= 15 is 0 Å². The number of ether oxygens (including phenoxy) is 1. The van der Waals surface area contributed by atoms with E-state index in [9.17, 15) is 8.42 Å². The number of benzene rings is 2. The highest BCUT2D eigenvalue weighted by molar-refractivity contribution is 7.92.